The second kappa shape index (κ2) is 5.90. The number of rotatable bonds is 4. The standard InChI is InChI=1S/C15H24N4S/c1-15(2)5-6-19(7-8-20-15)14-11-17-13(10-18-14)9-16-12-3-4-12/h10-12,16H,3-9H2,1-2H3. The smallest absolute Gasteiger partial charge is 0.147 e. The van der Waals surface area contributed by atoms with Crippen LogP contribution in [0.1, 0.15) is 38.8 Å². The van der Waals surface area contributed by atoms with Crippen LogP contribution in [0.25, 0.3) is 0 Å². The molecule has 0 aromatic carbocycles. The van der Waals surface area contributed by atoms with Crippen LogP contribution in [0.5, 0.6) is 0 Å². The van der Waals surface area contributed by atoms with E-state index in [0.29, 0.717) is 4.75 Å². The van der Waals surface area contributed by atoms with Crippen molar-refractivity contribution < 1.29 is 0 Å². The zero-order chi connectivity index (χ0) is 14.0. The summed E-state index contributed by atoms with van der Waals surface area (Å²) in [5.41, 5.74) is 1.05. The van der Waals surface area contributed by atoms with E-state index in [-0.39, 0.29) is 0 Å². The van der Waals surface area contributed by atoms with Crippen LogP contribution in [-0.4, -0.2) is 39.6 Å². The monoisotopic (exact) mass is 292 g/mol. The molecule has 0 atom stereocenters. The van der Waals surface area contributed by atoms with Crippen LogP contribution in [0.4, 0.5) is 5.82 Å². The van der Waals surface area contributed by atoms with E-state index in [1.54, 1.807) is 0 Å². The molecule has 0 spiro atoms. The van der Waals surface area contributed by atoms with E-state index in [9.17, 15) is 0 Å². The third-order valence-corrected chi connectivity index (χ3v) is 5.37. The summed E-state index contributed by atoms with van der Waals surface area (Å²) in [6.45, 7) is 7.66. The molecule has 1 N–H and O–H groups in total. The van der Waals surface area contributed by atoms with Gasteiger partial charge in [0.2, 0.25) is 0 Å². The molecule has 0 unspecified atom stereocenters. The Morgan fingerprint density at radius 1 is 1.30 bits per heavy atom. The highest BCUT2D eigenvalue weighted by Gasteiger charge is 2.24. The molecule has 110 valence electrons. The van der Waals surface area contributed by atoms with E-state index >= 15 is 0 Å². The normalized spacial score (nSPS) is 22.6. The Morgan fingerprint density at radius 2 is 2.15 bits per heavy atom. The SMILES string of the molecule is CC1(C)CCN(c2cnc(CNC3CC3)cn2)CCS1. The Bertz CT molecular complexity index is 442. The fourth-order valence-corrected chi connectivity index (χ4v) is 3.49. The molecule has 4 nitrogen and oxygen atoms in total. The molecule has 5 heteroatoms. The van der Waals surface area contributed by atoms with Crippen molar-refractivity contribution in [2.24, 2.45) is 0 Å². The van der Waals surface area contributed by atoms with Crippen LogP contribution < -0.4 is 10.2 Å². The largest absolute Gasteiger partial charge is 0.354 e. The van der Waals surface area contributed by atoms with Crippen LogP contribution in [0.15, 0.2) is 12.4 Å². The lowest BCUT2D eigenvalue weighted by atomic mass is 10.1. The molecule has 0 amide bonds. The minimum atomic E-state index is 0.385. The average molecular weight is 292 g/mol. The van der Waals surface area contributed by atoms with Gasteiger partial charge in [-0.25, -0.2) is 4.98 Å². The van der Waals surface area contributed by atoms with Crippen molar-refractivity contribution in [2.75, 3.05) is 23.7 Å². The lowest BCUT2D eigenvalue weighted by Gasteiger charge is -2.23. The third kappa shape index (κ3) is 3.85. The molecule has 3 rings (SSSR count). The summed E-state index contributed by atoms with van der Waals surface area (Å²) < 4.78 is 0.385. The molecule has 0 radical (unpaired) electrons. The van der Waals surface area contributed by atoms with E-state index in [1.807, 2.05) is 12.4 Å². The molecule has 1 saturated carbocycles. The second-order valence-corrected chi connectivity index (χ2v) is 8.17. The lowest BCUT2D eigenvalue weighted by molar-refractivity contribution is 0.633. The maximum absolute atomic E-state index is 4.60. The highest BCUT2D eigenvalue weighted by molar-refractivity contribution is 8.00. The van der Waals surface area contributed by atoms with Gasteiger partial charge in [0.25, 0.3) is 0 Å². The van der Waals surface area contributed by atoms with Crippen LogP contribution in [0.3, 0.4) is 0 Å². The van der Waals surface area contributed by atoms with Crippen LogP contribution in [0.2, 0.25) is 0 Å². The topological polar surface area (TPSA) is 41.1 Å². The number of hydrogen-bond donors (Lipinski definition) is 1. The van der Waals surface area contributed by atoms with Gasteiger partial charge in [-0.15, -0.1) is 0 Å². The number of aromatic nitrogens is 2. The van der Waals surface area contributed by atoms with E-state index in [4.69, 9.17) is 0 Å². The van der Waals surface area contributed by atoms with Crippen LogP contribution in [-0.2, 0) is 6.54 Å². The summed E-state index contributed by atoms with van der Waals surface area (Å²) >= 11 is 2.06. The first-order chi connectivity index (χ1) is 9.62. The summed E-state index contributed by atoms with van der Waals surface area (Å²) in [6, 6.07) is 0.723. The van der Waals surface area contributed by atoms with Crippen molar-refractivity contribution in [1.82, 2.24) is 15.3 Å². The van der Waals surface area contributed by atoms with Gasteiger partial charge in [0.1, 0.15) is 5.82 Å². The highest BCUT2D eigenvalue weighted by atomic mass is 32.2. The van der Waals surface area contributed by atoms with Gasteiger partial charge in [0, 0.05) is 36.2 Å². The Hall–Kier alpha value is -0.810. The minimum Gasteiger partial charge on any atom is -0.354 e. The molecular formula is C15H24N4S. The van der Waals surface area contributed by atoms with Gasteiger partial charge >= 0.3 is 0 Å². The maximum atomic E-state index is 4.60. The van der Waals surface area contributed by atoms with E-state index in [0.717, 1.165) is 37.2 Å². The van der Waals surface area contributed by atoms with E-state index < -0.39 is 0 Å². The summed E-state index contributed by atoms with van der Waals surface area (Å²) in [6.07, 6.45) is 7.69. The van der Waals surface area contributed by atoms with Crippen molar-refractivity contribution in [3.05, 3.63) is 18.1 Å². The van der Waals surface area contributed by atoms with Crippen LogP contribution in [0, 0.1) is 0 Å². The fourth-order valence-electron chi connectivity index (χ4n) is 2.39. The molecule has 0 bridgehead atoms. The lowest BCUT2D eigenvalue weighted by Crippen LogP contribution is -2.28. The number of hydrogen-bond acceptors (Lipinski definition) is 5. The molecule has 1 aromatic rings. The van der Waals surface area contributed by atoms with E-state index in [2.05, 4.69) is 45.8 Å². The zero-order valence-electron chi connectivity index (χ0n) is 12.4. The summed E-state index contributed by atoms with van der Waals surface area (Å²) in [7, 11) is 0. The fraction of sp³-hybridized carbons (Fsp3) is 0.733. The Balaban J connectivity index is 1.58. The molecule has 2 heterocycles. The molecule has 1 aromatic heterocycles. The number of nitrogens with one attached hydrogen (secondary N) is 1. The minimum absolute atomic E-state index is 0.385. The molecule has 1 saturated heterocycles. The number of nitrogens with zero attached hydrogens (tertiary/aromatic N) is 3. The highest BCUT2D eigenvalue weighted by Crippen LogP contribution is 2.31. The Kier molecular flexibility index (Phi) is 4.17. The van der Waals surface area contributed by atoms with Gasteiger partial charge < -0.3 is 10.2 Å². The summed E-state index contributed by atoms with van der Waals surface area (Å²) in [5.74, 6) is 2.19. The predicted molar refractivity (Wildman–Crippen MR) is 85.3 cm³/mol. The van der Waals surface area contributed by atoms with Gasteiger partial charge in [-0.1, -0.05) is 13.8 Å². The van der Waals surface area contributed by atoms with Gasteiger partial charge in [0.05, 0.1) is 18.1 Å². The number of anilines is 1. The van der Waals surface area contributed by atoms with E-state index in [1.165, 1.54) is 25.0 Å². The average Bonchev–Trinajstić information content (AvgIpc) is 3.25. The number of thioether (sulfide) groups is 1. The second-order valence-electron chi connectivity index (χ2n) is 6.37. The van der Waals surface area contributed by atoms with Gasteiger partial charge in [0.15, 0.2) is 0 Å². The summed E-state index contributed by atoms with van der Waals surface area (Å²) in [5, 5.41) is 3.47. The van der Waals surface area contributed by atoms with Gasteiger partial charge in [-0.05, 0) is 19.3 Å². The maximum Gasteiger partial charge on any atom is 0.147 e. The molecule has 1 aliphatic carbocycles. The third-order valence-electron chi connectivity index (χ3n) is 4.00. The first-order valence-electron chi connectivity index (χ1n) is 7.56. The van der Waals surface area contributed by atoms with Crippen LogP contribution >= 0.6 is 11.8 Å². The predicted octanol–water partition coefficient (Wildman–Crippen LogP) is 2.45. The molecule has 20 heavy (non-hydrogen) atoms. The van der Waals surface area contributed by atoms with Gasteiger partial charge in [-0.3, -0.25) is 4.98 Å². The van der Waals surface area contributed by atoms with Crippen molar-refractivity contribution >= 4 is 17.6 Å². The van der Waals surface area contributed by atoms with Crippen molar-refractivity contribution in [2.45, 2.75) is 50.4 Å². The molecule has 2 aliphatic rings. The van der Waals surface area contributed by atoms with Gasteiger partial charge in [-0.2, -0.15) is 11.8 Å². The molecule has 1 aliphatic heterocycles. The molecular weight excluding hydrogens is 268 g/mol. The zero-order valence-corrected chi connectivity index (χ0v) is 13.2. The molecule has 2 fully saturated rings. The Labute approximate surface area is 125 Å². The quantitative estimate of drug-likeness (QED) is 0.923. The van der Waals surface area contributed by atoms with Crippen molar-refractivity contribution in [3.63, 3.8) is 0 Å². The van der Waals surface area contributed by atoms with Crippen molar-refractivity contribution in [3.8, 4) is 0 Å². The first kappa shape index (κ1) is 14.1. The Morgan fingerprint density at radius 3 is 2.85 bits per heavy atom. The first-order valence-corrected chi connectivity index (χ1v) is 8.54. The van der Waals surface area contributed by atoms with Crippen molar-refractivity contribution in [1.29, 1.82) is 0 Å². The summed E-state index contributed by atoms with van der Waals surface area (Å²) in [4.78, 5) is 11.5.